The standard InChI is InChI=1S/C16H18O2/c1-10(2)14-9-13(5-7-16(14)18)12-4-6-15(17)11(3)8-12/h4-9,11,15,17-18H,1H2,2-3H3. The van der Waals surface area contributed by atoms with Crippen molar-refractivity contribution >= 4 is 11.1 Å². The van der Waals surface area contributed by atoms with Gasteiger partial charge in [-0.1, -0.05) is 37.8 Å². The van der Waals surface area contributed by atoms with E-state index in [1.165, 1.54) is 0 Å². The molecule has 0 aromatic heterocycles. The summed E-state index contributed by atoms with van der Waals surface area (Å²) in [6.45, 7) is 7.71. The lowest BCUT2D eigenvalue weighted by atomic mass is 9.90. The molecule has 2 rings (SSSR count). The molecule has 18 heavy (non-hydrogen) atoms. The molecule has 0 saturated heterocycles. The number of phenolic OH excluding ortho intramolecular Hbond substituents is 1. The summed E-state index contributed by atoms with van der Waals surface area (Å²) >= 11 is 0. The van der Waals surface area contributed by atoms with Gasteiger partial charge < -0.3 is 10.2 Å². The number of hydrogen-bond donors (Lipinski definition) is 2. The Hall–Kier alpha value is -1.80. The van der Waals surface area contributed by atoms with Crippen LogP contribution >= 0.6 is 0 Å². The third kappa shape index (κ3) is 2.39. The first-order valence-electron chi connectivity index (χ1n) is 6.06. The molecular weight excluding hydrogens is 224 g/mol. The highest BCUT2D eigenvalue weighted by Gasteiger charge is 2.15. The predicted octanol–water partition coefficient (Wildman–Crippen LogP) is 3.38. The molecule has 1 aliphatic rings. The molecule has 2 atom stereocenters. The van der Waals surface area contributed by atoms with Crippen molar-refractivity contribution in [2.45, 2.75) is 20.0 Å². The molecule has 0 bridgehead atoms. The molecule has 0 aliphatic heterocycles. The molecule has 2 unspecified atom stereocenters. The van der Waals surface area contributed by atoms with Crippen molar-refractivity contribution in [3.05, 3.63) is 54.1 Å². The first kappa shape index (κ1) is 12.7. The van der Waals surface area contributed by atoms with E-state index < -0.39 is 6.10 Å². The van der Waals surface area contributed by atoms with Crippen molar-refractivity contribution in [2.75, 3.05) is 0 Å². The van der Waals surface area contributed by atoms with Crippen LogP contribution in [0.5, 0.6) is 5.75 Å². The van der Waals surface area contributed by atoms with Gasteiger partial charge in [-0.3, -0.25) is 0 Å². The molecule has 0 heterocycles. The fourth-order valence-electron chi connectivity index (χ4n) is 2.06. The Kier molecular flexibility index (Phi) is 3.39. The smallest absolute Gasteiger partial charge is 0.123 e. The van der Waals surface area contributed by atoms with E-state index in [0.29, 0.717) is 0 Å². The first-order valence-corrected chi connectivity index (χ1v) is 6.06. The molecular formula is C16H18O2. The minimum atomic E-state index is -0.411. The van der Waals surface area contributed by atoms with Crippen LogP contribution in [0, 0.1) is 5.92 Å². The van der Waals surface area contributed by atoms with Gasteiger partial charge in [0.25, 0.3) is 0 Å². The van der Waals surface area contributed by atoms with Gasteiger partial charge in [-0.2, -0.15) is 0 Å². The number of aromatic hydroxyl groups is 1. The third-order valence-corrected chi connectivity index (χ3v) is 3.24. The summed E-state index contributed by atoms with van der Waals surface area (Å²) < 4.78 is 0. The second-order valence-corrected chi connectivity index (χ2v) is 4.84. The van der Waals surface area contributed by atoms with Crippen LogP contribution < -0.4 is 0 Å². The van der Waals surface area contributed by atoms with Gasteiger partial charge in [-0.15, -0.1) is 0 Å². The quantitative estimate of drug-likeness (QED) is 0.834. The molecule has 0 saturated carbocycles. The molecule has 2 nitrogen and oxygen atoms in total. The van der Waals surface area contributed by atoms with Crippen LogP contribution in [-0.4, -0.2) is 16.3 Å². The molecule has 2 heteroatoms. The van der Waals surface area contributed by atoms with Gasteiger partial charge in [-0.25, -0.2) is 0 Å². The van der Waals surface area contributed by atoms with E-state index in [9.17, 15) is 10.2 Å². The van der Waals surface area contributed by atoms with Crippen LogP contribution in [0.25, 0.3) is 11.1 Å². The van der Waals surface area contributed by atoms with Gasteiger partial charge in [0.05, 0.1) is 6.10 Å². The molecule has 0 amide bonds. The lowest BCUT2D eigenvalue weighted by Gasteiger charge is -2.18. The highest BCUT2D eigenvalue weighted by Crippen LogP contribution is 2.30. The molecule has 1 aromatic carbocycles. The van der Waals surface area contributed by atoms with E-state index >= 15 is 0 Å². The molecule has 1 aliphatic carbocycles. The van der Waals surface area contributed by atoms with Crippen LogP contribution in [-0.2, 0) is 0 Å². The zero-order valence-electron chi connectivity index (χ0n) is 10.7. The predicted molar refractivity (Wildman–Crippen MR) is 75.1 cm³/mol. The average Bonchev–Trinajstić information content (AvgIpc) is 2.33. The maximum Gasteiger partial charge on any atom is 0.123 e. The van der Waals surface area contributed by atoms with E-state index in [0.717, 1.165) is 22.3 Å². The van der Waals surface area contributed by atoms with E-state index in [2.05, 4.69) is 6.58 Å². The van der Waals surface area contributed by atoms with Crippen LogP contribution in [0.1, 0.15) is 25.0 Å². The fourth-order valence-corrected chi connectivity index (χ4v) is 2.06. The Morgan fingerprint density at radius 1 is 1.33 bits per heavy atom. The Labute approximate surface area is 108 Å². The summed E-state index contributed by atoms with van der Waals surface area (Å²) in [4.78, 5) is 0. The number of phenols is 1. The normalized spacial score (nSPS) is 22.7. The minimum absolute atomic E-state index is 0.104. The summed E-state index contributed by atoms with van der Waals surface area (Å²) in [7, 11) is 0. The van der Waals surface area contributed by atoms with Crippen molar-refractivity contribution < 1.29 is 10.2 Å². The summed E-state index contributed by atoms with van der Waals surface area (Å²) in [6.07, 6.45) is 5.35. The second kappa shape index (κ2) is 4.83. The molecule has 94 valence electrons. The number of benzene rings is 1. The lowest BCUT2D eigenvalue weighted by molar-refractivity contribution is 0.184. The Morgan fingerprint density at radius 3 is 2.67 bits per heavy atom. The largest absolute Gasteiger partial charge is 0.507 e. The summed E-state index contributed by atoms with van der Waals surface area (Å²) in [6, 6.07) is 5.49. The SMILES string of the molecule is C=C(C)c1cc(C2=CC(C)C(O)C=C2)ccc1O. The van der Waals surface area contributed by atoms with Crippen molar-refractivity contribution in [3.8, 4) is 5.75 Å². The first-order chi connectivity index (χ1) is 8.49. The zero-order chi connectivity index (χ0) is 13.3. The molecule has 2 N–H and O–H groups in total. The summed E-state index contributed by atoms with van der Waals surface area (Å²) in [5.74, 6) is 0.354. The van der Waals surface area contributed by atoms with E-state index in [-0.39, 0.29) is 11.7 Å². The van der Waals surface area contributed by atoms with Crippen LogP contribution in [0.15, 0.2) is 43.0 Å². The summed E-state index contributed by atoms with van der Waals surface area (Å²) in [5, 5.41) is 19.4. The van der Waals surface area contributed by atoms with E-state index in [1.807, 2.05) is 38.1 Å². The number of aliphatic hydroxyl groups is 1. The highest BCUT2D eigenvalue weighted by atomic mass is 16.3. The van der Waals surface area contributed by atoms with E-state index in [4.69, 9.17) is 0 Å². The number of rotatable bonds is 2. The molecule has 0 spiro atoms. The van der Waals surface area contributed by atoms with Crippen molar-refractivity contribution in [2.24, 2.45) is 5.92 Å². The zero-order valence-corrected chi connectivity index (χ0v) is 10.7. The van der Waals surface area contributed by atoms with Crippen LogP contribution in [0.4, 0.5) is 0 Å². The Balaban J connectivity index is 2.41. The van der Waals surface area contributed by atoms with Gasteiger partial charge in [0.2, 0.25) is 0 Å². The molecule has 0 fully saturated rings. The van der Waals surface area contributed by atoms with Crippen LogP contribution in [0.3, 0.4) is 0 Å². The topological polar surface area (TPSA) is 40.5 Å². The van der Waals surface area contributed by atoms with Gasteiger partial charge in [0.15, 0.2) is 0 Å². The molecule has 1 aromatic rings. The van der Waals surface area contributed by atoms with Gasteiger partial charge in [0.1, 0.15) is 5.75 Å². The monoisotopic (exact) mass is 242 g/mol. The van der Waals surface area contributed by atoms with Gasteiger partial charge >= 0.3 is 0 Å². The maximum atomic E-state index is 9.76. The summed E-state index contributed by atoms with van der Waals surface area (Å²) in [5.41, 5.74) is 3.69. The third-order valence-electron chi connectivity index (χ3n) is 3.24. The number of hydrogen-bond acceptors (Lipinski definition) is 2. The van der Waals surface area contributed by atoms with Gasteiger partial charge in [0, 0.05) is 11.5 Å². The molecule has 0 radical (unpaired) electrons. The number of aliphatic hydroxyl groups excluding tert-OH is 1. The van der Waals surface area contributed by atoms with Crippen molar-refractivity contribution in [1.29, 1.82) is 0 Å². The second-order valence-electron chi connectivity index (χ2n) is 4.84. The van der Waals surface area contributed by atoms with Crippen LogP contribution in [0.2, 0.25) is 0 Å². The van der Waals surface area contributed by atoms with Gasteiger partial charge in [-0.05, 0) is 35.8 Å². The Bertz CT molecular complexity index is 538. The fraction of sp³-hybridized carbons (Fsp3) is 0.250. The highest BCUT2D eigenvalue weighted by molar-refractivity contribution is 5.79. The lowest BCUT2D eigenvalue weighted by Crippen LogP contribution is -2.15. The Morgan fingerprint density at radius 2 is 2.06 bits per heavy atom. The van der Waals surface area contributed by atoms with E-state index in [1.54, 1.807) is 12.1 Å². The average molecular weight is 242 g/mol. The maximum absolute atomic E-state index is 9.76. The number of allylic oxidation sites excluding steroid dienone is 3. The minimum Gasteiger partial charge on any atom is -0.507 e. The van der Waals surface area contributed by atoms with Crippen molar-refractivity contribution in [3.63, 3.8) is 0 Å². The van der Waals surface area contributed by atoms with Crippen molar-refractivity contribution in [1.82, 2.24) is 0 Å².